The second-order valence-electron chi connectivity index (χ2n) is 3.46. The molecule has 0 aliphatic carbocycles. The quantitative estimate of drug-likeness (QED) is 0.877. The Hall–Kier alpha value is -0.480. The van der Waals surface area contributed by atoms with Gasteiger partial charge in [0.1, 0.15) is 0 Å². The van der Waals surface area contributed by atoms with Gasteiger partial charge in [-0.1, -0.05) is 41.6 Å². The highest BCUT2D eigenvalue weighted by Gasteiger charge is 2.06. The zero-order chi connectivity index (χ0) is 12.3. The van der Waals surface area contributed by atoms with E-state index in [4.69, 9.17) is 16.7 Å². The summed E-state index contributed by atoms with van der Waals surface area (Å²) in [5, 5.41) is 9.78. The third kappa shape index (κ3) is 3.26. The summed E-state index contributed by atoms with van der Waals surface area (Å²) in [4.78, 5) is 2.10. The van der Waals surface area contributed by atoms with Gasteiger partial charge in [-0.15, -0.1) is 0 Å². The van der Waals surface area contributed by atoms with Crippen LogP contribution in [0.25, 0.3) is 0 Å². The third-order valence-electron chi connectivity index (χ3n) is 2.24. The van der Waals surface area contributed by atoms with Gasteiger partial charge in [0.15, 0.2) is 0 Å². The normalized spacial score (nSPS) is 10.5. The van der Waals surface area contributed by atoms with E-state index in [1.54, 1.807) is 11.8 Å². The van der Waals surface area contributed by atoms with E-state index in [2.05, 4.69) is 15.9 Å². The summed E-state index contributed by atoms with van der Waals surface area (Å²) >= 11 is 11.2. The first-order valence-corrected chi connectivity index (χ1v) is 7.01. The monoisotopic (exact) mass is 328 g/mol. The molecule has 0 heterocycles. The van der Waals surface area contributed by atoms with E-state index in [0.717, 1.165) is 24.8 Å². The zero-order valence-electron chi connectivity index (χ0n) is 8.86. The fraction of sp³-hybridized carbons (Fsp3) is 0.0769. The van der Waals surface area contributed by atoms with Gasteiger partial charge in [0.2, 0.25) is 0 Å². The zero-order valence-corrected chi connectivity index (χ0v) is 12.0. The maximum atomic E-state index is 9.04. The molecule has 0 radical (unpaired) electrons. The Bertz CT molecular complexity index is 531. The Balaban J connectivity index is 2.28. The van der Waals surface area contributed by atoms with Crippen LogP contribution in [0.1, 0.15) is 5.56 Å². The Morgan fingerprint density at radius 1 is 1.12 bits per heavy atom. The lowest BCUT2D eigenvalue weighted by molar-refractivity contribution is 0.281. The first kappa shape index (κ1) is 13.0. The van der Waals surface area contributed by atoms with Crippen LogP contribution in [-0.2, 0) is 6.61 Å². The van der Waals surface area contributed by atoms with Crippen molar-refractivity contribution in [2.75, 3.05) is 0 Å². The van der Waals surface area contributed by atoms with Gasteiger partial charge in [-0.2, -0.15) is 0 Å². The summed E-state index contributed by atoms with van der Waals surface area (Å²) in [5.41, 5.74) is 0.889. The molecule has 4 heteroatoms. The molecule has 0 aliphatic heterocycles. The van der Waals surface area contributed by atoms with E-state index in [-0.39, 0.29) is 6.61 Å². The number of aliphatic hydroxyl groups is 1. The van der Waals surface area contributed by atoms with Crippen LogP contribution in [0.4, 0.5) is 0 Å². The maximum absolute atomic E-state index is 9.04. The Morgan fingerprint density at radius 2 is 1.88 bits per heavy atom. The van der Waals surface area contributed by atoms with Gasteiger partial charge in [-0.3, -0.25) is 0 Å². The highest BCUT2D eigenvalue weighted by atomic mass is 79.9. The molecule has 0 saturated heterocycles. The SMILES string of the molecule is OCc1ccc(Sc2ccccc2Cl)c(Br)c1. The minimum absolute atomic E-state index is 0.0512. The molecule has 0 spiro atoms. The summed E-state index contributed by atoms with van der Waals surface area (Å²) in [6.45, 7) is 0.0512. The minimum Gasteiger partial charge on any atom is -0.392 e. The van der Waals surface area contributed by atoms with Crippen LogP contribution in [0.2, 0.25) is 5.02 Å². The van der Waals surface area contributed by atoms with E-state index < -0.39 is 0 Å². The van der Waals surface area contributed by atoms with E-state index in [0.29, 0.717) is 0 Å². The molecular formula is C13H10BrClOS. The predicted molar refractivity (Wildman–Crippen MR) is 75.6 cm³/mol. The maximum Gasteiger partial charge on any atom is 0.0682 e. The molecular weight excluding hydrogens is 320 g/mol. The summed E-state index contributed by atoms with van der Waals surface area (Å²) in [6, 6.07) is 13.5. The molecule has 0 aromatic heterocycles. The van der Waals surface area contributed by atoms with Gasteiger partial charge in [0.25, 0.3) is 0 Å². The molecule has 0 atom stereocenters. The lowest BCUT2D eigenvalue weighted by Crippen LogP contribution is -1.84. The van der Waals surface area contributed by atoms with Crippen LogP contribution in [0.15, 0.2) is 56.7 Å². The molecule has 0 bridgehead atoms. The highest BCUT2D eigenvalue weighted by Crippen LogP contribution is 2.37. The summed E-state index contributed by atoms with van der Waals surface area (Å²) in [6.07, 6.45) is 0. The van der Waals surface area contributed by atoms with E-state index in [1.165, 1.54) is 0 Å². The molecule has 0 amide bonds. The Morgan fingerprint density at radius 3 is 2.53 bits per heavy atom. The number of hydrogen-bond acceptors (Lipinski definition) is 2. The topological polar surface area (TPSA) is 20.2 Å². The van der Waals surface area contributed by atoms with Gasteiger partial charge in [0.05, 0.1) is 11.6 Å². The number of hydrogen-bond donors (Lipinski definition) is 1. The van der Waals surface area contributed by atoms with Crippen LogP contribution >= 0.6 is 39.3 Å². The van der Waals surface area contributed by atoms with Crippen molar-refractivity contribution in [3.63, 3.8) is 0 Å². The number of aliphatic hydroxyl groups excluding tert-OH is 1. The predicted octanol–water partition coefficient (Wildman–Crippen LogP) is 4.75. The molecule has 17 heavy (non-hydrogen) atoms. The molecule has 0 unspecified atom stereocenters. The van der Waals surface area contributed by atoms with Crippen LogP contribution in [0.5, 0.6) is 0 Å². The second-order valence-corrected chi connectivity index (χ2v) is 5.80. The van der Waals surface area contributed by atoms with Crippen LogP contribution in [-0.4, -0.2) is 5.11 Å². The lowest BCUT2D eigenvalue weighted by atomic mass is 10.2. The second kappa shape index (κ2) is 5.91. The minimum atomic E-state index is 0.0512. The van der Waals surface area contributed by atoms with Gasteiger partial charge < -0.3 is 5.11 Å². The highest BCUT2D eigenvalue weighted by molar-refractivity contribution is 9.10. The lowest BCUT2D eigenvalue weighted by Gasteiger charge is -2.07. The largest absolute Gasteiger partial charge is 0.392 e. The molecule has 2 rings (SSSR count). The standard InChI is InChI=1S/C13H10BrClOS/c14-10-7-9(8-16)5-6-12(10)17-13-4-2-1-3-11(13)15/h1-7,16H,8H2. The van der Waals surface area contributed by atoms with E-state index in [9.17, 15) is 0 Å². The van der Waals surface area contributed by atoms with Crippen molar-refractivity contribution in [3.8, 4) is 0 Å². The molecule has 2 aromatic carbocycles. The van der Waals surface area contributed by atoms with Crippen LogP contribution in [0.3, 0.4) is 0 Å². The van der Waals surface area contributed by atoms with Crippen molar-refractivity contribution in [1.29, 1.82) is 0 Å². The fourth-order valence-electron chi connectivity index (χ4n) is 1.37. The van der Waals surface area contributed by atoms with Crippen LogP contribution < -0.4 is 0 Å². The molecule has 0 fully saturated rings. The fourth-order valence-corrected chi connectivity index (χ4v) is 3.13. The summed E-state index contributed by atoms with van der Waals surface area (Å²) in [5.74, 6) is 0. The first-order chi connectivity index (χ1) is 8.20. The third-order valence-corrected chi connectivity index (χ3v) is 4.75. The smallest absolute Gasteiger partial charge is 0.0682 e. The van der Waals surface area contributed by atoms with Crippen molar-refractivity contribution >= 4 is 39.3 Å². The van der Waals surface area contributed by atoms with Gasteiger partial charge in [-0.05, 0) is 45.8 Å². The van der Waals surface area contributed by atoms with Crippen molar-refractivity contribution in [2.45, 2.75) is 16.4 Å². The number of benzene rings is 2. The summed E-state index contributed by atoms with van der Waals surface area (Å²) < 4.78 is 0.967. The average molecular weight is 330 g/mol. The molecule has 0 saturated carbocycles. The molecule has 1 N–H and O–H groups in total. The molecule has 2 aromatic rings. The first-order valence-electron chi connectivity index (χ1n) is 5.02. The van der Waals surface area contributed by atoms with E-state index in [1.807, 2.05) is 42.5 Å². The Labute approximate surface area is 118 Å². The van der Waals surface area contributed by atoms with Crippen molar-refractivity contribution in [1.82, 2.24) is 0 Å². The van der Waals surface area contributed by atoms with E-state index >= 15 is 0 Å². The molecule has 88 valence electrons. The van der Waals surface area contributed by atoms with Crippen molar-refractivity contribution in [3.05, 3.63) is 57.5 Å². The molecule has 0 aliphatic rings. The van der Waals surface area contributed by atoms with Gasteiger partial charge in [-0.25, -0.2) is 0 Å². The van der Waals surface area contributed by atoms with Crippen LogP contribution in [0, 0.1) is 0 Å². The van der Waals surface area contributed by atoms with Crippen molar-refractivity contribution < 1.29 is 5.11 Å². The number of halogens is 2. The van der Waals surface area contributed by atoms with Crippen molar-refractivity contribution in [2.24, 2.45) is 0 Å². The Kier molecular flexibility index (Phi) is 4.51. The molecule has 1 nitrogen and oxygen atoms in total. The van der Waals surface area contributed by atoms with Gasteiger partial charge >= 0.3 is 0 Å². The summed E-state index contributed by atoms with van der Waals surface area (Å²) in [7, 11) is 0. The van der Waals surface area contributed by atoms with Gasteiger partial charge in [0, 0.05) is 14.3 Å². The number of rotatable bonds is 3. The average Bonchev–Trinajstić information content (AvgIpc) is 2.34.